The first-order chi connectivity index (χ1) is 8.39. The number of carbonyl (C=O) groups excluding carboxylic acids is 1. The molecule has 3 N–H and O–H groups in total. The second-order valence-corrected chi connectivity index (χ2v) is 5.06. The van der Waals surface area contributed by atoms with Gasteiger partial charge in [-0.25, -0.2) is 4.79 Å². The number of methoxy groups -OCH3 is 1. The summed E-state index contributed by atoms with van der Waals surface area (Å²) in [5.74, 6) is -0.378. The average Bonchev–Trinajstić information content (AvgIpc) is 2.30. The maximum atomic E-state index is 11.7. The molecule has 4 nitrogen and oxygen atoms in total. The standard InChI is InChI=1S/C14H22N2O2/c1-5-8-14(2,3)16-12-7-6-10(15)9-11(12)13(17)18-4/h6-7,9,16H,5,8,15H2,1-4H3. The molecule has 0 aliphatic rings. The number of rotatable bonds is 5. The predicted octanol–water partition coefficient (Wildman–Crippen LogP) is 3.05. The highest BCUT2D eigenvalue weighted by Crippen LogP contribution is 2.25. The number of nitrogen functional groups attached to an aromatic ring is 1. The van der Waals surface area contributed by atoms with E-state index in [0.29, 0.717) is 11.3 Å². The Labute approximate surface area is 109 Å². The summed E-state index contributed by atoms with van der Waals surface area (Å²) >= 11 is 0. The zero-order chi connectivity index (χ0) is 13.8. The molecule has 0 bridgehead atoms. The Morgan fingerprint density at radius 1 is 1.44 bits per heavy atom. The molecule has 100 valence electrons. The van der Waals surface area contributed by atoms with Crippen molar-refractivity contribution in [2.75, 3.05) is 18.2 Å². The normalized spacial score (nSPS) is 11.1. The highest BCUT2D eigenvalue weighted by atomic mass is 16.5. The molecule has 0 aliphatic heterocycles. The number of nitrogens with one attached hydrogen (secondary N) is 1. The van der Waals surface area contributed by atoms with Gasteiger partial charge in [0, 0.05) is 16.9 Å². The van der Waals surface area contributed by atoms with Crippen LogP contribution in [0.15, 0.2) is 18.2 Å². The summed E-state index contributed by atoms with van der Waals surface area (Å²) in [7, 11) is 1.37. The molecule has 0 radical (unpaired) electrons. The Morgan fingerprint density at radius 2 is 2.11 bits per heavy atom. The van der Waals surface area contributed by atoms with Crippen LogP contribution in [0.2, 0.25) is 0 Å². The van der Waals surface area contributed by atoms with Crippen molar-refractivity contribution >= 4 is 17.3 Å². The summed E-state index contributed by atoms with van der Waals surface area (Å²) in [4.78, 5) is 11.7. The van der Waals surface area contributed by atoms with Gasteiger partial charge in [-0.2, -0.15) is 0 Å². The summed E-state index contributed by atoms with van der Waals surface area (Å²) in [6.45, 7) is 6.34. The zero-order valence-corrected chi connectivity index (χ0v) is 11.5. The first-order valence-electron chi connectivity index (χ1n) is 6.15. The van der Waals surface area contributed by atoms with E-state index in [4.69, 9.17) is 10.5 Å². The number of hydrogen-bond acceptors (Lipinski definition) is 4. The SMILES string of the molecule is CCCC(C)(C)Nc1ccc(N)cc1C(=O)OC. The molecule has 0 saturated carbocycles. The van der Waals surface area contributed by atoms with Crippen molar-refractivity contribution < 1.29 is 9.53 Å². The maximum absolute atomic E-state index is 11.7. The lowest BCUT2D eigenvalue weighted by atomic mass is 9.97. The van der Waals surface area contributed by atoms with Crippen molar-refractivity contribution in [3.63, 3.8) is 0 Å². The van der Waals surface area contributed by atoms with Gasteiger partial charge >= 0.3 is 5.97 Å². The number of nitrogens with two attached hydrogens (primary N) is 1. The summed E-state index contributed by atoms with van der Waals surface area (Å²) in [6, 6.07) is 5.23. The molecule has 4 heteroatoms. The average molecular weight is 250 g/mol. The molecule has 1 rings (SSSR count). The Bertz CT molecular complexity index is 428. The van der Waals surface area contributed by atoms with E-state index in [2.05, 4.69) is 26.1 Å². The van der Waals surface area contributed by atoms with Crippen molar-refractivity contribution in [3.05, 3.63) is 23.8 Å². The Morgan fingerprint density at radius 3 is 2.67 bits per heavy atom. The third-order valence-electron chi connectivity index (χ3n) is 2.80. The minimum atomic E-state index is -0.378. The first kappa shape index (κ1) is 14.4. The maximum Gasteiger partial charge on any atom is 0.340 e. The van der Waals surface area contributed by atoms with Crippen LogP contribution >= 0.6 is 0 Å². The molecule has 0 heterocycles. The highest BCUT2D eigenvalue weighted by Gasteiger charge is 2.20. The van der Waals surface area contributed by atoms with E-state index in [1.807, 2.05) is 6.07 Å². The summed E-state index contributed by atoms with van der Waals surface area (Å²) in [6.07, 6.45) is 2.08. The molecule has 0 aliphatic carbocycles. The second-order valence-electron chi connectivity index (χ2n) is 5.06. The lowest BCUT2D eigenvalue weighted by molar-refractivity contribution is 0.0602. The van der Waals surface area contributed by atoms with Gasteiger partial charge in [-0.3, -0.25) is 0 Å². The molecule has 1 aromatic carbocycles. The molecule has 0 fully saturated rings. The van der Waals surface area contributed by atoms with Crippen molar-refractivity contribution in [2.24, 2.45) is 0 Å². The quantitative estimate of drug-likeness (QED) is 0.622. The van der Waals surface area contributed by atoms with Crippen molar-refractivity contribution in [1.82, 2.24) is 0 Å². The van der Waals surface area contributed by atoms with Crippen molar-refractivity contribution in [1.29, 1.82) is 0 Å². The van der Waals surface area contributed by atoms with Crippen molar-refractivity contribution in [2.45, 2.75) is 39.2 Å². The van der Waals surface area contributed by atoms with Crippen LogP contribution in [-0.2, 0) is 4.74 Å². The van der Waals surface area contributed by atoms with Gasteiger partial charge < -0.3 is 15.8 Å². The molecule has 0 aromatic heterocycles. The van der Waals surface area contributed by atoms with Crippen LogP contribution in [-0.4, -0.2) is 18.6 Å². The minimum Gasteiger partial charge on any atom is -0.465 e. The fraction of sp³-hybridized carbons (Fsp3) is 0.500. The second kappa shape index (κ2) is 5.76. The first-order valence-corrected chi connectivity index (χ1v) is 6.15. The van der Waals surface area contributed by atoms with Crippen LogP contribution in [0.1, 0.15) is 44.0 Å². The van der Waals surface area contributed by atoms with Gasteiger partial charge in [-0.15, -0.1) is 0 Å². The Hall–Kier alpha value is -1.71. The van der Waals surface area contributed by atoms with Gasteiger partial charge in [0.05, 0.1) is 12.7 Å². The Balaban J connectivity index is 3.05. The predicted molar refractivity (Wildman–Crippen MR) is 74.8 cm³/mol. The lowest BCUT2D eigenvalue weighted by Crippen LogP contribution is -2.31. The van der Waals surface area contributed by atoms with E-state index < -0.39 is 0 Å². The highest BCUT2D eigenvalue weighted by molar-refractivity contribution is 5.96. The van der Waals surface area contributed by atoms with E-state index in [-0.39, 0.29) is 11.5 Å². The third kappa shape index (κ3) is 3.65. The molecule has 18 heavy (non-hydrogen) atoms. The van der Waals surface area contributed by atoms with Gasteiger partial charge in [0.15, 0.2) is 0 Å². The van der Waals surface area contributed by atoms with E-state index >= 15 is 0 Å². The zero-order valence-electron chi connectivity index (χ0n) is 11.5. The van der Waals surface area contributed by atoms with Gasteiger partial charge in [-0.05, 0) is 38.5 Å². The van der Waals surface area contributed by atoms with Crippen LogP contribution in [0.4, 0.5) is 11.4 Å². The number of ether oxygens (including phenoxy) is 1. The molecular formula is C14H22N2O2. The number of anilines is 2. The van der Waals surface area contributed by atoms with E-state index in [1.54, 1.807) is 12.1 Å². The van der Waals surface area contributed by atoms with Crippen LogP contribution < -0.4 is 11.1 Å². The van der Waals surface area contributed by atoms with Crippen LogP contribution in [0, 0.1) is 0 Å². The molecule has 1 aromatic rings. The molecule has 0 unspecified atom stereocenters. The lowest BCUT2D eigenvalue weighted by Gasteiger charge is -2.28. The minimum absolute atomic E-state index is 0.0758. The van der Waals surface area contributed by atoms with Crippen molar-refractivity contribution in [3.8, 4) is 0 Å². The number of hydrogen-bond donors (Lipinski definition) is 2. The number of esters is 1. The van der Waals surface area contributed by atoms with Gasteiger partial charge in [0.1, 0.15) is 0 Å². The smallest absolute Gasteiger partial charge is 0.340 e. The summed E-state index contributed by atoms with van der Waals surface area (Å²) in [5, 5.41) is 3.37. The fourth-order valence-corrected chi connectivity index (χ4v) is 2.00. The van der Waals surface area contributed by atoms with Gasteiger partial charge in [0.2, 0.25) is 0 Å². The monoisotopic (exact) mass is 250 g/mol. The number of benzene rings is 1. The van der Waals surface area contributed by atoms with E-state index in [0.717, 1.165) is 18.5 Å². The molecule has 0 spiro atoms. The molecular weight excluding hydrogens is 228 g/mol. The topological polar surface area (TPSA) is 64.3 Å². The number of carbonyl (C=O) groups is 1. The Kier molecular flexibility index (Phi) is 4.59. The van der Waals surface area contributed by atoms with Gasteiger partial charge in [-0.1, -0.05) is 13.3 Å². The van der Waals surface area contributed by atoms with E-state index in [1.165, 1.54) is 7.11 Å². The van der Waals surface area contributed by atoms with Crippen LogP contribution in [0.3, 0.4) is 0 Å². The summed E-state index contributed by atoms with van der Waals surface area (Å²) in [5.41, 5.74) is 7.41. The molecule has 0 saturated heterocycles. The van der Waals surface area contributed by atoms with E-state index in [9.17, 15) is 4.79 Å². The molecule has 0 atom stereocenters. The molecule has 0 amide bonds. The van der Waals surface area contributed by atoms with Crippen LogP contribution in [0.25, 0.3) is 0 Å². The summed E-state index contributed by atoms with van der Waals surface area (Å²) < 4.78 is 4.77. The fourth-order valence-electron chi connectivity index (χ4n) is 2.00. The largest absolute Gasteiger partial charge is 0.465 e. The third-order valence-corrected chi connectivity index (χ3v) is 2.80. The van der Waals surface area contributed by atoms with Crippen LogP contribution in [0.5, 0.6) is 0 Å². The van der Waals surface area contributed by atoms with Gasteiger partial charge in [0.25, 0.3) is 0 Å².